The quantitative estimate of drug-likeness (QED) is 0.769. The van der Waals surface area contributed by atoms with Crippen molar-refractivity contribution in [3.63, 3.8) is 0 Å². The second-order valence-corrected chi connectivity index (χ2v) is 8.84. The minimum atomic E-state index is -3.69. The maximum atomic E-state index is 12.6. The van der Waals surface area contributed by atoms with Gasteiger partial charge in [0.15, 0.2) is 11.5 Å². The van der Waals surface area contributed by atoms with Crippen molar-refractivity contribution >= 4 is 38.9 Å². The minimum Gasteiger partial charge on any atom is -0.486 e. The molecule has 0 spiro atoms. The summed E-state index contributed by atoms with van der Waals surface area (Å²) in [5, 5.41) is 3.20. The maximum Gasteiger partial charge on any atom is 0.245 e. The van der Waals surface area contributed by atoms with Crippen LogP contribution in [0, 0.1) is 6.92 Å². The lowest BCUT2D eigenvalue weighted by Crippen LogP contribution is -2.39. The van der Waals surface area contributed by atoms with E-state index in [0.717, 1.165) is 9.87 Å². The van der Waals surface area contributed by atoms with Gasteiger partial charge in [0.2, 0.25) is 15.9 Å². The molecule has 7 nitrogen and oxygen atoms in total. The van der Waals surface area contributed by atoms with Gasteiger partial charge in [-0.3, -0.25) is 9.10 Å². The zero-order chi connectivity index (χ0) is 20.3. The predicted octanol–water partition coefficient (Wildman–Crippen LogP) is 3.21. The standard InChI is InChI=1S/C19H21ClN2O5S/c1-3-28(24,25)22(15-6-7-17-18(11-15)27-9-8-26-17)12-19(23)21-14-5-4-13(2)16(20)10-14/h4-7,10-11H,3,8-9,12H2,1-2H3,(H,21,23). The van der Waals surface area contributed by atoms with Gasteiger partial charge in [-0.05, 0) is 43.7 Å². The average Bonchev–Trinajstić information content (AvgIpc) is 2.68. The van der Waals surface area contributed by atoms with E-state index < -0.39 is 15.9 Å². The van der Waals surface area contributed by atoms with Crippen LogP contribution in [0.1, 0.15) is 12.5 Å². The Kier molecular flexibility index (Phi) is 6.00. The Hall–Kier alpha value is -2.45. The van der Waals surface area contributed by atoms with E-state index in [9.17, 15) is 13.2 Å². The molecule has 0 bridgehead atoms. The van der Waals surface area contributed by atoms with Gasteiger partial charge < -0.3 is 14.8 Å². The third kappa shape index (κ3) is 4.51. The van der Waals surface area contributed by atoms with Crippen molar-refractivity contribution in [3.05, 3.63) is 47.0 Å². The van der Waals surface area contributed by atoms with Gasteiger partial charge in [0.25, 0.3) is 0 Å². The number of rotatable bonds is 6. The number of halogens is 1. The Morgan fingerprint density at radius 3 is 2.54 bits per heavy atom. The number of carbonyl (C=O) groups excluding carboxylic acids is 1. The molecule has 1 N–H and O–H groups in total. The molecule has 0 saturated heterocycles. The summed E-state index contributed by atoms with van der Waals surface area (Å²) in [5.74, 6) is 0.366. The van der Waals surface area contributed by atoms with Crippen LogP contribution in [0.3, 0.4) is 0 Å². The van der Waals surface area contributed by atoms with Gasteiger partial charge >= 0.3 is 0 Å². The third-order valence-electron chi connectivity index (χ3n) is 4.26. The summed E-state index contributed by atoms with van der Waals surface area (Å²) >= 11 is 6.08. The second kappa shape index (κ2) is 8.28. The Morgan fingerprint density at radius 2 is 1.86 bits per heavy atom. The monoisotopic (exact) mass is 424 g/mol. The van der Waals surface area contributed by atoms with Crippen LogP contribution in [0.2, 0.25) is 5.02 Å². The van der Waals surface area contributed by atoms with Crippen LogP contribution >= 0.6 is 11.6 Å². The summed E-state index contributed by atoms with van der Waals surface area (Å²) in [7, 11) is -3.69. The van der Waals surface area contributed by atoms with Gasteiger partial charge in [0, 0.05) is 16.8 Å². The lowest BCUT2D eigenvalue weighted by molar-refractivity contribution is -0.114. The van der Waals surface area contributed by atoms with Crippen molar-refractivity contribution in [1.82, 2.24) is 0 Å². The molecule has 3 rings (SSSR count). The maximum absolute atomic E-state index is 12.6. The van der Waals surface area contributed by atoms with Crippen LogP contribution in [0.25, 0.3) is 0 Å². The number of sulfonamides is 1. The first-order valence-electron chi connectivity index (χ1n) is 8.76. The fraction of sp³-hybridized carbons (Fsp3) is 0.316. The molecule has 0 unspecified atom stereocenters. The highest BCUT2D eigenvalue weighted by molar-refractivity contribution is 7.92. The van der Waals surface area contributed by atoms with E-state index in [1.54, 1.807) is 36.4 Å². The number of nitrogens with one attached hydrogen (secondary N) is 1. The number of ether oxygens (including phenoxy) is 2. The van der Waals surface area contributed by atoms with E-state index in [2.05, 4.69) is 5.32 Å². The molecule has 28 heavy (non-hydrogen) atoms. The molecule has 9 heteroatoms. The highest BCUT2D eigenvalue weighted by Crippen LogP contribution is 2.34. The normalized spacial score (nSPS) is 13.1. The van der Waals surface area contributed by atoms with Crippen molar-refractivity contribution in [2.45, 2.75) is 13.8 Å². The van der Waals surface area contributed by atoms with Gasteiger partial charge in [-0.15, -0.1) is 0 Å². The molecule has 1 amide bonds. The molecule has 1 heterocycles. The molecular weight excluding hydrogens is 404 g/mol. The van der Waals surface area contributed by atoms with Crippen molar-refractivity contribution in [2.24, 2.45) is 0 Å². The first-order valence-corrected chi connectivity index (χ1v) is 10.7. The fourth-order valence-electron chi connectivity index (χ4n) is 2.69. The number of carbonyl (C=O) groups is 1. The molecule has 0 aliphatic carbocycles. The molecule has 0 fully saturated rings. The lowest BCUT2D eigenvalue weighted by Gasteiger charge is -2.25. The van der Waals surface area contributed by atoms with Crippen molar-refractivity contribution in [1.29, 1.82) is 0 Å². The molecule has 0 aromatic heterocycles. The lowest BCUT2D eigenvalue weighted by atomic mass is 10.2. The molecule has 2 aromatic carbocycles. The number of fused-ring (bicyclic) bond motifs is 1. The van der Waals surface area contributed by atoms with E-state index >= 15 is 0 Å². The van der Waals surface area contributed by atoms with Crippen LogP contribution in [0.4, 0.5) is 11.4 Å². The number of aryl methyl sites for hydroxylation is 1. The first kappa shape index (κ1) is 20.3. The zero-order valence-electron chi connectivity index (χ0n) is 15.6. The number of anilines is 2. The summed E-state index contributed by atoms with van der Waals surface area (Å²) in [6.45, 7) is 3.82. The number of amides is 1. The summed E-state index contributed by atoms with van der Waals surface area (Å²) in [6, 6.07) is 9.91. The molecule has 0 saturated carbocycles. The summed E-state index contributed by atoms with van der Waals surface area (Å²) in [4.78, 5) is 12.5. The van der Waals surface area contributed by atoms with E-state index in [0.29, 0.717) is 41.1 Å². The van der Waals surface area contributed by atoms with Gasteiger partial charge in [-0.1, -0.05) is 17.7 Å². The van der Waals surface area contributed by atoms with Crippen molar-refractivity contribution in [2.75, 3.05) is 35.1 Å². The number of hydrogen-bond acceptors (Lipinski definition) is 5. The molecule has 1 aliphatic rings. The number of hydrogen-bond donors (Lipinski definition) is 1. The van der Waals surface area contributed by atoms with Crippen LogP contribution in [-0.2, 0) is 14.8 Å². The SMILES string of the molecule is CCS(=O)(=O)N(CC(=O)Nc1ccc(C)c(Cl)c1)c1ccc2c(c1)OCCO2. The third-order valence-corrected chi connectivity index (χ3v) is 6.41. The largest absolute Gasteiger partial charge is 0.486 e. The summed E-state index contributed by atoms with van der Waals surface area (Å²) in [6.07, 6.45) is 0. The average molecular weight is 425 g/mol. The molecule has 1 aliphatic heterocycles. The van der Waals surface area contributed by atoms with Crippen LogP contribution in [-0.4, -0.2) is 39.8 Å². The van der Waals surface area contributed by atoms with Crippen LogP contribution < -0.4 is 19.1 Å². The first-order chi connectivity index (χ1) is 13.3. The van der Waals surface area contributed by atoms with Crippen LogP contribution in [0.5, 0.6) is 11.5 Å². The fourth-order valence-corrected chi connectivity index (χ4v) is 3.94. The van der Waals surface area contributed by atoms with Gasteiger partial charge in [0.05, 0.1) is 11.4 Å². The molecule has 0 atom stereocenters. The van der Waals surface area contributed by atoms with Gasteiger partial charge in [-0.2, -0.15) is 0 Å². The zero-order valence-corrected chi connectivity index (χ0v) is 17.1. The summed E-state index contributed by atoms with van der Waals surface area (Å²) in [5.41, 5.74) is 1.71. The highest BCUT2D eigenvalue weighted by Gasteiger charge is 2.25. The Bertz CT molecular complexity index is 994. The molecule has 150 valence electrons. The van der Waals surface area contributed by atoms with Crippen LogP contribution in [0.15, 0.2) is 36.4 Å². The van der Waals surface area contributed by atoms with E-state index in [1.165, 1.54) is 6.92 Å². The number of nitrogens with zero attached hydrogens (tertiary/aromatic N) is 1. The van der Waals surface area contributed by atoms with E-state index in [1.807, 2.05) is 6.92 Å². The van der Waals surface area contributed by atoms with Gasteiger partial charge in [0.1, 0.15) is 19.8 Å². The Morgan fingerprint density at radius 1 is 1.14 bits per heavy atom. The van der Waals surface area contributed by atoms with E-state index in [-0.39, 0.29) is 12.3 Å². The van der Waals surface area contributed by atoms with E-state index in [4.69, 9.17) is 21.1 Å². The molecule has 2 aromatic rings. The topological polar surface area (TPSA) is 84.9 Å². The Labute approximate surface area is 169 Å². The number of benzene rings is 2. The minimum absolute atomic E-state index is 0.148. The smallest absolute Gasteiger partial charge is 0.245 e. The van der Waals surface area contributed by atoms with Crippen molar-refractivity contribution in [3.8, 4) is 11.5 Å². The van der Waals surface area contributed by atoms with Gasteiger partial charge in [-0.25, -0.2) is 8.42 Å². The Balaban J connectivity index is 1.84. The molecular formula is C19H21ClN2O5S. The predicted molar refractivity (Wildman–Crippen MR) is 109 cm³/mol. The highest BCUT2D eigenvalue weighted by atomic mass is 35.5. The second-order valence-electron chi connectivity index (χ2n) is 6.25. The van der Waals surface area contributed by atoms with Crippen molar-refractivity contribution < 1.29 is 22.7 Å². The summed E-state index contributed by atoms with van der Waals surface area (Å²) < 4.78 is 37.3. The molecule has 0 radical (unpaired) electrons.